The van der Waals surface area contributed by atoms with Crippen LogP contribution in [0, 0.1) is 0 Å². The first kappa shape index (κ1) is 27.3. The predicted molar refractivity (Wildman–Crippen MR) is 115 cm³/mol. The maximum absolute atomic E-state index is 13.3. The zero-order valence-electron chi connectivity index (χ0n) is 17.8. The van der Waals surface area contributed by atoms with Crippen LogP contribution in [0.3, 0.4) is 0 Å². The van der Waals surface area contributed by atoms with E-state index in [0.29, 0.717) is 22.9 Å². The van der Waals surface area contributed by atoms with Crippen molar-refractivity contribution in [2.45, 2.75) is 51.9 Å². The summed E-state index contributed by atoms with van der Waals surface area (Å²) >= 11 is -0.826. The van der Waals surface area contributed by atoms with E-state index in [0.717, 1.165) is 23.1 Å². The van der Waals surface area contributed by atoms with Gasteiger partial charge in [-0.1, -0.05) is 38.8 Å². The molecule has 174 valence electrons. The van der Waals surface area contributed by atoms with E-state index in [4.69, 9.17) is 17.0 Å². The zero-order valence-corrected chi connectivity index (χ0v) is 21.7. The molecule has 32 heavy (non-hydrogen) atoms. The molecule has 0 bridgehead atoms. The number of hydrogen-bond donors (Lipinski definition) is 0. The Morgan fingerprint density at radius 2 is 1.34 bits per heavy atom. The molecule has 0 aromatic heterocycles. The molecule has 0 aliphatic rings. The molecule has 3 rings (SSSR count). The van der Waals surface area contributed by atoms with E-state index >= 15 is 0 Å². The Hall–Kier alpha value is -0.907. The van der Waals surface area contributed by atoms with E-state index in [1.54, 1.807) is 6.07 Å². The first-order valence-corrected chi connectivity index (χ1v) is 16.0. The van der Waals surface area contributed by atoms with Gasteiger partial charge in [0.05, 0.1) is 11.1 Å². The number of alkyl halides is 6. The Bertz CT molecular complexity index is 1040. The van der Waals surface area contributed by atoms with Crippen LogP contribution in [0.15, 0.2) is 42.5 Å². The third-order valence-corrected chi connectivity index (χ3v) is 5.10. The molecule has 0 radical (unpaired) electrons. The quantitative estimate of drug-likeness (QED) is 0.212. The van der Waals surface area contributed by atoms with Crippen molar-refractivity contribution in [1.82, 2.24) is 0 Å². The standard InChI is InChI=1S/C23H21F6.2ClH.Zr/c1-5-13-6-7-14-8-16(21(2,3)4)12-19(14)20(13)15-9-17(22(24,25)26)11-18(10-15)23(27,28)29;;;/h6-12H,5H2,1-4H3;2*1H;/q-1;;;+2/p-2. The summed E-state index contributed by atoms with van der Waals surface area (Å²) in [6.07, 6.45) is -9.27. The van der Waals surface area contributed by atoms with Crippen LogP contribution in [-0.4, -0.2) is 0 Å². The summed E-state index contributed by atoms with van der Waals surface area (Å²) in [7, 11) is 9.87. The topological polar surface area (TPSA) is 0 Å². The molecule has 0 aliphatic carbocycles. The molecule has 0 saturated carbocycles. The van der Waals surface area contributed by atoms with Crippen molar-refractivity contribution in [2.24, 2.45) is 0 Å². The van der Waals surface area contributed by atoms with Crippen LogP contribution in [0.2, 0.25) is 0 Å². The number of fused-ring (bicyclic) bond motifs is 1. The number of hydrogen-bond acceptors (Lipinski definition) is 0. The number of aryl methyl sites for hydroxylation is 1. The molecule has 3 aromatic carbocycles. The van der Waals surface area contributed by atoms with Crippen molar-refractivity contribution >= 4 is 27.8 Å². The van der Waals surface area contributed by atoms with Gasteiger partial charge in [-0.2, -0.15) is 32.4 Å². The first-order chi connectivity index (χ1) is 14.6. The van der Waals surface area contributed by atoms with Crippen molar-refractivity contribution < 1.29 is 47.2 Å². The van der Waals surface area contributed by atoms with Gasteiger partial charge in [-0.25, -0.2) is 0 Å². The van der Waals surface area contributed by atoms with Gasteiger partial charge in [0, 0.05) is 0 Å². The normalized spacial score (nSPS) is 12.5. The van der Waals surface area contributed by atoms with Crippen LogP contribution in [0.4, 0.5) is 26.3 Å². The van der Waals surface area contributed by atoms with Crippen molar-refractivity contribution in [3.8, 4) is 11.1 Å². The molecule has 0 N–H and O–H groups in total. The van der Waals surface area contributed by atoms with Gasteiger partial charge in [0.2, 0.25) is 0 Å². The molecule has 0 atom stereocenters. The van der Waals surface area contributed by atoms with Crippen molar-refractivity contribution in [1.29, 1.82) is 0 Å². The van der Waals surface area contributed by atoms with Crippen LogP contribution in [0.25, 0.3) is 21.9 Å². The molecule has 0 fully saturated rings. The van der Waals surface area contributed by atoms with Crippen molar-refractivity contribution in [3.63, 3.8) is 0 Å². The average molecular weight is 574 g/mol. The second-order valence-corrected chi connectivity index (χ2v) is 12.0. The Kier molecular flexibility index (Phi) is 8.67. The molecule has 0 heterocycles. The Balaban J connectivity index is 0.00000114. The molecule has 0 saturated heterocycles. The Labute approximate surface area is 201 Å². The van der Waals surface area contributed by atoms with Crippen LogP contribution in [-0.2, 0) is 45.0 Å². The van der Waals surface area contributed by atoms with Crippen molar-refractivity contribution in [3.05, 3.63) is 64.7 Å². The van der Waals surface area contributed by atoms with E-state index in [2.05, 4.69) is 0 Å². The number of benzene rings is 2. The summed E-state index contributed by atoms with van der Waals surface area (Å²) in [5.74, 6) is 0. The van der Waals surface area contributed by atoms with E-state index in [1.807, 2.05) is 45.9 Å². The molecule has 9 heteroatoms. The summed E-state index contributed by atoms with van der Waals surface area (Å²) in [4.78, 5) is 0. The average Bonchev–Trinajstić information content (AvgIpc) is 3.10. The van der Waals surface area contributed by atoms with Gasteiger partial charge in [0.25, 0.3) is 0 Å². The van der Waals surface area contributed by atoms with Crippen LogP contribution < -0.4 is 0 Å². The monoisotopic (exact) mass is 571 g/mol. The predicted octanol–water partition coefficient (Wildman–Crippen LogP) is 9.50. The molecule has 3 aromatic rings. The third-order valence-electron chi connectivity index (χ3n) is 5.10. The van der Waals surface area contributed by atoms with Gasteiger partial charge in [0.15, 0.2) is 0 Å². The maximum atomic E-state index is 13.3. The van der Waals surface area contributed by atoms with Gasteiger partial charge in [0.1, 0.15) is 0 Å². The molecule has 0 unspecified atom stereocenters. The minimum absolute atomic E-state index is 0.0688. The molecule has 0 amide bonds. The SMILES string of the molecule is CCc1ccc2[cH-]c(C(C)(C)C)cc2c1-c1cc(C(F)(F)F)cc(C(F)(F)F)c1.[Cl][Zr][Cl]. The Morgan fingerprint density at radius 1 is 0.844 bits per heavy atom. The zero-order chi connectivity index (χ0) is 24.5. The van der Waals surface area contributed by atoms with E-state index in [-0.39, 0.29) is 17.0 Å². The second kappa shape index (κ2) is 10.2. The van der Waals surface area contributed by atoms with Gasteiger partial charge in [-0.05, 0) is 35.6 Å². The molecular weight excluding hydrogens is 552 g/mol. The molecule has 0 spiro atoms. The second-order valence-electron chi connectivity index (χ2n) is 8.32. The number of halogens is 8. The van der Waals surface area contributed by atoms with Gasteiger partial charge in [-0.15, -0.1) is 34.5 Å². The molecule has 0 aliphatic heterocycles. The van der Waals surface area contributed by atoms with Crippen LogP contribution in [0.1, 0.15) is 49.9 Å². The number of rotatable bonds is 2. The summed E-state index contributed by atoms with van der Waals surface area (Å²) < 4.78 is 80.0. The third kappa shape index (κ3) is 6.36. The van der Waals surface area contributed by atoms with Gasteiger partial charge >= 0.3 is 50.2 Å². The summed E-state index contributed by atoms with van der Waals surface area (Å²) in [6.45, 7) is 7.85. The van der Waals surface area contributed by atoms with E-state index < -0.39 is 44.3 Å². The van der Waals surface area contributed by atoms with Gasteiger partial charge < -0.3 is 0 Å². The minimum atomic E-state index is -4.88. The van der Waals surface area contributed by atoms with Crippen LogP contribution >= 0.6 is 17.0 Å². The van der Waals surface area contributed by atoms with Gasteiger partial charge in [-0.3, -0.25) is 0 Å². The summed E-state index contributed by atoms with van der Waals surface area (Å²) in [5.41, 5.74) is -0.764. The summed E-state index contributed by atoms with van der Waals surface area (Å²) in [5, 5.41) is 1.47. The first-order valence-electron chi connectivity index (χ1n) is 9.62. The van der Waals surface area contributed by atoms with Crippen LogP contribution in [0.5, 0.6) is 0 Å². The van der Waals surface area contributed by atoms with E-state index in [1.165, 1.54) is 0 Å². The molecule has 0 nitrogen and oxygen atoms in total. The summed E-state index contributed by atoms with van der Waals surface area (Å²) in [6, 6.07) is 9.25. The van der Waals surface area contributed by atoms with Crippen molar-refractivity contribution in [2.75, 3.05) is 0 Å². The fraction of sp³-hybridized carbons (Fsp3) is 0.348. The fourth-order valence-corrected chi connectivity index (χ4v) is 3.49. The van der Waals surface area contributed by atoms with E-state index in [9.17, 15) is 26.3 Å². The Morgan fingerprint density at radius 3 is 1.75 bits per heavy atom. The fourth-order valence-electron chi connectivity index (χ4n) is 3.49. The molecular formula is C23H21Cl2F6Zr-.